The van der Waals surface area contributed by atoms with Gasteiger partial charge in [-0.25, -0.2) is 9.59 Å². The van der Waals surface area contributed by atoms with Crippen molar-refractivity contribution in [2.45, 2.75) is 0 Å². The Morgan fingerprint density at radius 1 is 1.41 bits per heavy atom. The minimum atomic E-state index is -0.632. The van der Waals surface area contributed by atoms with Crippen molar-refractivity contribution in [3.8, 4) is 5.75 Å². The molecule has 0 saturated carbocycles. The zero-order valence-electron chi connectivity index (χ0n) is 8.97. The van der Waals surface area contributed by atoms with E-state index in [1.54, 1.807) is 12.1 Å². The first kappa shape index (κ1) is 12.6. The molecule has 0 radical (unpaired) electrons. The molecule has 0 heterocycles. The molecule has 0 fully saturated rings. The number of nitrogens with one attached hydrogen (secondary N) is 2. The molecule has 6 nitrogen and oxygen atoms in total. The standard InChI is InChI=1S/C11H12N2O4/c1-2-10(15)17-7-12-11(16)13-8-5-3-4-6-9(8)14/h2-6,14H,1,7H2,(H2,12,13,16). The molecule has 0 bridgehead atoms. The second kappa shape index (κ2) is 6.16. The van der Waals surface area contributed by atoms with E-state index in [9.17, 15) is 14.7 Å². The van der Waals surface area contributed by atoms with E-state index in [1.807, 2.05) is 0 Å². The first-order valence-corrected chi connectivity index (χ1v) is 4.75. The maximum atomic E-state index is 11.3. The normalized spacial score (nSPS) is 9.18. The number of phenolic OH excluding ortho intramolecular Hbond substituents is 1. The van der Waals surface area contributed by atoms with Crippen LogP contribution in [0.4, 0.5) is 10.5 Å². The lowest BCUT2D eigenvalue weighted by atomic mass is 10.3. The average Bonchev–Trinajstić information content (AvgIpc) is 2.32. The summed E-state index contributed by atoms with van der Waals surface area (Å²) in [5, 5.41) is 14.0. The number of para-hydroxylation sites is 2. The molecule has 0 saturated heterocycles. The number of benzene rings is 1. The summed E-state index contributed by atoms with van der Waals surface area (Å²) in [5.74, 6) is -0.682. The molecule has 0 atom stereocenters. The van der Waals surface area contributed by atoms with Gasteiger partial charge in [-0.1, -0.05) is 18.7 Å². The number of anilines is 1. The molecule has 0 aliphatic rings. The first-order chi connectivity index (χ1) is 8.13. The molecule has 0 aromatic heterocycles. The average molecular weight is 236 g/mol. The summed E-state index contributed by atoms with van der Waals surface area (Å²) in [7, 11) is 0. The number of ether oxygens (including phenoxy) is 1. The van der Waals surface area contributed by atoms with Crippen molar-refractivity contribution in [3.63, 3.8) is 0 Å². The van der Waals surface area contributed by atoms with Crippen LogP contribution in [0.2, 0.25) is 0 Å². The maximum absolute atomic E-state index is 11.3. The van der Waals surface area contributed by atoms with Crippen molar-refractivity contribution in [1.82, 2.24) is 5.32 Å². The Kier molecular flexibility index (Phi) is 4.56. The van der Waals surface area contributed by atoms with Gasteiger partial charge in [-0.2, -0.15) is 0 Å². The van der Waals surface area contributed by atoms with Gasteiger partial charge in [0.1, 0.15) is 5.75 Å². The van der Waals surface area contributed by atoms with E-state index in [4.69, 9.17) is 0 Å². The predicted molar refractivity (Wildman–Crippen MR) is 61.4 cm³/mol. The highest BCUT2D eigenvalue weighted by Crippen LogP contribution is 2.20. The molecular weight excluding hydrogens is 224 g/mol. The van der Waals surface area contributed by atoms with Crippen LogP contribution in [0, 0.1) is 0 Å². The van der Waals surface area contributed by atoms with E-state index >= 15 is 0 Å². The molecule has 1 aromatic carbocycles. The SMILES string of the molecule is C=CC(=O)OCNC(=O)Nc1ccccc1O. The summed E-state index contributed by atoms with van der Waals surface area (Å²) >= 11 is 0. The third-order valence-electron chi connectivity index (χ3n) is 1.77. The number of esters is 1. The number of urea groups is 1. The smallest absolute Gasteiger partial charge is 0.331 e. The summed E-state index contributed by atoms with van der Waals surface area (Å²) in [4.78, 5) is 21.9. The Labute approximate surface area is 97.9 Å². The van der Waals surface area contributed by atoms with E-state index in [-0.39, 0.29) is 18.2 Å². The van der Waals surface area contributed by atoms with Crippen LogP contribution in [-0.4, -0.2) is 23.8 Å². The zero-order valence-corrected chi connectivity index (χ0v) is 8.97. The van der Waals surface area contributed by atoms with Crippen molar-refractivity contribution in [3.05, 3.63) is 36.9 Å². The minimum absolute atomic E-state index is 0.0502. The highest BCUT2D eigenvalue weighted by Gasteiger charge is 2.05. The Morgan fingerprint density at radius 3 is 2.76 bits per heavy atom. The molecule has 0 unspecified atom stereocenters. The Morgan fingerprint density at radius 2 is 2.12 bits per heavy atom. The number of hydrogen-bond donors (Lipinski definition) is 3. The fraction of sp³-hybridized carbons (Fsp3) is 0.0909. The molecule has 3 N–H and O–H groups in total. The summed E-state index contributed by atoms with van der Waals surface area (Å²) < 4.78 is 4.54. The third kappa shape index (κ3) is 4.25. The van der Waals surface area contributed by atoms with Crippen LogP contribution in [0.15, 0.2) is 36.9 Å². The minimum Gasteiger partial charge on any atom is -0.506 e. The molecule has 17 heavy (non-hydrogen) atoms. The van der Waals surface area contributed by atoms with Crippen LogP contribution in [-0.2, 0) is 9.53 Å². The number of phenols is 1. The topological polar surface area (TPSA) is 87.7 Å². The van der Waals surface area contributed by atoms with Gasteiger partial charge in [0.05, 0.1) is 5.69 Å². The molecule has 1 rings (SSSR count). The lowest BCUT2D eigenvalue weighted by Crippen LogP contribution is -2.31. The lowest BCUT2D eigenvalue weighted by Gasteiger charge is -2.08. The summed E-state index contributed by atoms with van der Waals surface area (Å²) in [6.07, 6.45) is 0.989. The van der Waals surface area contributed by atoms with Crippen molar-refractivity contribution in [2.75, 3.05) is 12.0 Å². The van der Waals surface area contributed by atoms with Gasteiger partial charge in [0.2, 0.25) is 0 Å². The van der Waals surface area contributed by atoms with Crippen molar-refractivity contribution in [2.24, 2.45) is 0 Å². The fourth-order valence-corrected chi connectivity index (χ4v) is 0.978. The number of carbonyl (C=O) groups is 2. The van der Waals surface area contributed by atoms with Crippen LogP contribution < -0.4 is 10.6 Å². The molecule has 6 heteroatoms. The van der Waals surface area contributed by atoms with Gasteiger partial charge in [0.25, 0.3) is 0 Å². The third-order valence-corrected chi connectivity index (χ3v) is 1.77. The molecule has 2 amide bonds. The zero-order chi connectivity index (χ0) is 12.7. The number of hydrogen-bond acceptors (Lipinski definition) is 4. The number of rotatable bonds is 4. The molecule has 90 valence electrons. The number of aromatic hydroxyl groups is 1. The Balaban J connectivity index is 2.38. The van der Waals surface area contributed by atoms with E-state index in [0.717, 1.165) is 6.08 Å². The monoisotopic (exact) mass is 236 g/mol. The fourth-order valence-electron chi connectivity index (χ4n) is 0.978. The van der Waals surface area contributed by atoms with Gasteiger partial charge in [0.15, 0.2) is 6.73 Å². The quantitative estimate of drug-likeness (QED) is 0.317. The van der Waals surface area contributed by atoms with Gasteiger partial charge in [-0.15, -0.1) is 0 Å². The van der Waals surface area contributed by atoms with E-state index in [0.29, 0.717) is 0 Å². The van der Waals surface area contributed by atoms with Gasteiger partial charge >= 0.3 is 12.0 Å². The second-order valence-corrected chi connectivity index (χ2v) is 2.96. The van der Waals surface area contributed by atoms with Crippen LogP contribution in [0.3, 0.4) is 0 Å². The molecule has 1 aromatic rings. The molecule has 0 aliphatic heterocycles. The first-order valence-electron chi connectivity index (χ1n) is 4.75. The lowest BCUT2D eigenvalue weighted by molar-refractivity contribution is -0.138. The van der Waals surface area contributed by atoms with Crippen molar-refractivity contribution >= 4 is 17.7 Å². The number of carbonyl (C=O) groups excluding carboxylic acids is 2. The van der Waals surface area contributed by atoms with Crippen LogP contribution in [0.5, 0.6) is 5.75 Å². The molecule has 0 aliphatic carbocycles. The summed E-state index contributed by atoms with van der Waals surface area (Å²) in [6, 6.07) is 5.67. The molecular formula is C11H12N2O4. The van der Waals surface area contributed by atoms with Gasteiger partial charge in [-0.05, 0) is 12.1 Å². The Bertz CT molecular complexity index is 431. The summed E-state index contributed by atoms with van der Waals surface area (Å²) in [6.45, 7) is 2.93. The van der Waals surface area contributed by atoms with Gasteiger partial charge < -0.3 is 20.5 Å². The van der Waals surface area contributed by atoms with Crippen LogP contribution >= 0.6 is 0 Å². The van der Waals surface area contributed by atoms with Crippen molar-refractivity contribution in [1.29, 1.82) is 0 Å². The Hall–Kier alpha value is -2.50. The second-order valence-electron chi connectivity index (χ2n) is 2.96. The van der Waals surface area contributed by atoms with Crippen molar-refractivity contribution < 1.29 is 19.4 Å². The number of amides is 2. The highest BCUT2D eigenvalue weighted by atomic mass is 16.5. The van der Waals surface area contributed by atoms with Crippen LogP contribution in [0.1, 0.15) is 0 Å². The van der Waals surface area contributed by atoms with E-state index in [2.05, 4.69) is 21.9 Å². The van der Waals surface area contributed by atoms with E-state index in [1.165, 1.54) is 12.1 Å². The highest BCUT2D eigenvalue weighted by molar-refractivity contribution is 5.90. The van der Waals surface area contributed by atoms with Gasteiger partial charge in [0, 0.05) is 6.08 Å². The van der Waals surface area contributed by atoms with Crippen LogP contribution in [0.25, 0.3) is 0 Å². The van der Waals surface area contributed by atoms with Gasteiger partial charge in [-0.3, -0.25) is 0 Å². The van der Waals surface area contributed by atoms with E-state index < -0.39 is 12.0 Å². The maximum Gasteiger partial charge on any atom is 0.331 e. The molecule has 0 spiro atoms. The summed E-state index contributed by atoms with van der Waals surface area (Å²) in [5.41, 5.74) is 0.264. The predicted octanol–water partition coefficient (Wildman–Crippen LogP) is 1.20. The largest absolute Gasteiger partial charge is 0.506 e.